The fourth-order valence-electron chi connectivity index (χ4n) is 1.66. The van der Waals surface area contributed by atoms with E-state index in [1.165, 1.54) is 0 Å². The predicted molar refractivity (Wildman–Crippen MR) is 80.8 cm³/mol. The molecule has 20 heavy (non-hydrogen) atoms. The van der Waals surface area contributed by atoms with Crippen LogP contribution in [-0.2, 0) is 6.61 Å². The maximum atomic E-state index is 8.70. The van der Waals surface area contributed by atoms with Crippen molar-refractivity contribution in [3.05, 3.63) is 64.7 Å². The van der Waals surface area contributed by atoms with Gasteiger partial charge in [0.25, 0.3) is 0 Å². The van der Waals surface area contributed by atoms with Gasteiger partial charge in [-0.05, 0) is 24.3 Å². The minimum Gasteiger partial charge on any atom is -0.489 e. The summed E-state index contributed by atoms with van der Waals surface area (Å²) in [5.41, 5.74) is 1.82. The Kier molecular flexibility index (Phi) is 5.49. The summed E-state index contributed by atoms with van der Waals surface area (Å²) in [6.07, 6.45) is 0.477. The van der Waals surface area contributed by atoms with Gasteiger partial charge in [-0.15, -0.1) is 0 Å². The quantitative estimate of drug-likeness (QED) is 0.869. The summed E-state index contributed by atoms with van der Waals surface area (Å²) in [7, 11) is 0. The van der Waals surface area contributed by atoms with E-state index in [0.717, 1.165) is 16.9 Å². The van der Waals surface area contributed by atoms with Gasteiger partial charge in [-0.25, -0.2) is 0 Å². The molecule has 0 aliphatic rings. The minimum atomic E-state index is 0.0791. The third-order valence-electron chi connectivity index (χ3n) is 2.66. The number of hydrogen-bond acceptors (Lipinski definition) is 2. The summed E-state index contributed by atoms with van der Waals surface area (Å²) >= 11 is 6.08. The van der Waals surface area contributed by atoms with Crippen LogP contribution in [0, 0.1) is 11.8 Å². The molecular formula is C17H15ClO2. The average Bonchev–Trinajstić information content (AvgIpc) is 2.47. The van der Waals surface area contributed by atoms with E-state index in [-0.39, 0.29) is 6.61 Å². The van der Waals surface area contributed by atoms with Crippen molar-refractivity contribution in [3.8, 4) is 17.6 Å². The smallest absolute Gasteiger partial charge is 0.121 e. The first-order valence-corrected chi connectivity index (χ1v) is 6.73. The highest BCUT2D eigenvalue weighted by molar-refractivity contribution is 6.31. The average molecular weight is 287 g/mol. The molecule has 0 saturated heterocycles. The van der Waals surface area contributed by atoms with Crippen LogP contribution in [0.2, 0.25) is 5.02 Å². The highest BCUT2D eigenvalue weighted by atomic mass is 35.5. The van der Waals surface area contributed by atoms with Gasteiger partial charge in [0.2, 0.25) is 0 Å². The van der Waals surface area contributed by atoms with Crippen molar-refractivity contribution in [2.45, 2.75) is 13.0 Å². The fraction of sp³-hybridized carbons (Fsp3) is 0.176. The number of aliphatic hydroxyl groups excluding tert-OH is 1. The molecule has 0 heterocycles. The Hall–Kier alpha value is -1.95. The lowest BCUT2D eigenvalue weighted by Gasteiger charge is -2.07. The zero-order valence-electron chi connectivity index (χ0n) is 11.0. The largest absolute Gasteiger partial charge is 0.489 e. The van der Waals surface area contributed by atoms with Gasteiger partial charge < -0.3 is 9.84 Å². The Bertz CT molecular complexity index is 626. The first kappa shape index (κ1) is 14.5. The van der Waals surface area contributed by atoms with Gasteiger partial charge in [0.15, 0.2) is 0 Å². The van der Waals surface area contributed by atoms with Crippen molar-refractivity contribution < 1.29 is 9.84 Å². The Morgan fingerprint density at radius 1 is 1.10 bits per heavy atom. The van der Waals surface area contributed by atoms with E-state index < -0.39 is 0 Å². The van der Waals surface area contributed by atoms with Gasteiger partial charge in [-0.1, -0.05) is 47.7 Å². The zero-order chi connectivity index (χ0) is 14.2. The summed E-state index contributed by atoms with van der Waals surface area (Å²) in [5.74, 6) is 6.61. The number of halogens is 1. The number of benzene rings is 2. The molecule has 1 N–H and O–H groups in total. The molecule has 2 aromatic carbocycles. The van der Waals surface area contributed by atoms with Gasteiger partial charge in [-0.3, -0.25) is 0 Å². The lowest BCUT2D eigenvalue weighted by Crippen LogP contribution is -1.96. The van der Waals surface area contributed by atoms with Crippen LogP contribution in [0.25, 0.3) is 0 Å². The van der Waals surface area contributed by atoms with Crippen LogP contribution in [0.1, 0.15) is 17.5 Å². The van der Waals surface area contributed by atoms with Crippen molar-refractivity contribution >= 4 is 11.6 Å². The van der Waals surface area contributed by atoms with Crippen LogP contribution in [-0.4, -0.2) is 11.7 Å². The Morgan fingerprint density at radius 3 is 2.75 bits per heavy atom. The molecule has 102 valence electrons. The summed E-state index contributed by atoms with van der Waals surface area (Å²) in [6, 6.07) is 15.2. The maximum absolute atomic E-state index is 8.70. The Balaban J connectivity index is 2.02. The monoisotopic (exact) mass is 286 g/mol. The lowest BCUT2D eigenvalue weighted by molar-refractivity contribution is 0.305. The summed E-state index contributed by atoms with van der Waals surface area (Å²) < 4.78 is 5.72. The van der Waals surface area contributed by atoms with Gasteiger partial charge in [0.1, 0.15) is 12.4 Å². The standard InChI is InChI=1S/C17H15ClO2/c18-17-10-2-1-8-15(17)13-20-16-9-5-7-14(12-16)6-3-4-11-19/h1-2,5,7-10,12,19H,4,11,13H2. The SMILES string of the molecule is OCCC#Cc1cccc(OCc2ccccc2Cl)c1. The molecule has 0 unspecified atom stereocenters. The molecule has 0 radical (unpaired) electrons. The van der Waals surface area contributed by atoms with Crippen molar-refractivity contribution in [1.82, 2.24) is 0 Å². The molecule has 2 aromatic rings. The number of ether oxygens (including phenoxy) is 1. The molecule has 0 saturated carbocycles. The van der Waals surface area contributed by atoms with Crippen LogP contribution >= 0.6 is 11.6 Å². The molecule has 0 amide bonds. The Morgan fingerprint density at radius 2 is 1.95 bits per heavy atom. The van der Waals surface area contributed by atoms with E-state index in [4.69, 9.17) is 21.4 Å². The number of hydrogen-bond donors (Lipinski definition) is 1. The maximum Gasteiger partial charge on any atom is 0.121 e. The first-order valence-electron chi connectivity index (χ1n) is 6.35. The summed E-state index contributed by atoms with van der Waals surface area (Å²) in [5, 5.41) is 9.40. The summed E-state index contributed by atoms with van der Waals surface area (Å²) in [4.78, 5) is 0. The minimum absolute atomic E-state index is 0.0791. The Labute approximate surface area is 124 Å². The van der Waals surface area contributed by atoms with E-state index in [9.17, 15) is 0 Å². The third-order valence-corrected chi connectivity index (χ3v) is 3.02. The molecule has 0 aliphatic heterocycles. The molecular weight excluding hydrogens is 272 g/mol. The van der Waals surface area contributed by atoms with Crippen molar-refractivity contribution in [1.29, 1.82) is 0 Å². The third kappa shape index (κ3) is 4.31. The van der Waals surface area contributed by atoms with Crippen LogP contribution in [0.5, 0.6) is 5.75 Å². The molecule has 0 aliphatic carbocycles. The zero-order valence-corrected chi connectivity index (χ0v) is 11.7. The number of aliphatic hydroxyl groups is 1. The molecule has 3 heteroatoms. The van der Waals surface area contributed by atoms with Crippen molar-refractivity contribution in [2.24, 2.45) is 0 Å². The van der Waals surface area contributed by atoms with Crippen LogP contribution in [0.3, 0.4) is 0 Å². The van der Waals surface area contributed by atoms with Gasteiger partial charge >= 0.3 is 0 Å². The van der Waals surface area contributed by atoms with E-state index in [0.29, 0.717) is 18.1 Å². The number of rotatable bonds is 4. The molecule has 2 nitrogen and oxygen atoms in total. The van der Waals surface area contributed by atoms with E-state index in [1.54, 1.807) is 0 Å². The second-order valence-electron chi connectivity index (χ2n) is 4.18. The van der Waals surface area contributed by atoms with Crippen molar-refractivity contribution in [2.75, 3.05) is 6.61 Å². The van der Waals surface area contributed by atoms with Crippen LogP contribution in [0.4, 0.5) is 0 Å². The highest BCUT2D eigenvalue weighted by Crippen LogP contribution is 2.19. The molecule has 2 rings (SSSR count). The molecule has 0 spiro atoms. The highest BCUT2D eigenvalue weighted by Gasteiger charge is 2.00. The predicted octanol–water partition coefficient (Wildman–Crippen LogP) is 3.65. The molecule has 0 bridgehead atoms. The van der Waals surface area contributed by atoms with Gasteiger partial charge in [-0.2, -0.15) is 0 Å². The summed E-state index contributed by atoms with van der Waals surface area (Å²) in [6.45, 7) is 0.503. The lowest BCUT2D eigenvalue weighted by atomic mass is 10.2. The molecule has 0 fully saturated rings. The normalized spacial score (nSPS) is 9.70. The first-order chi connectivity index (χ1) is 9.79. The second kappa shape index (κ2) is 7.59. The van der Waals surface area contributed by atoms with Gasteiger partial charge in [0, 0.05) is 22.6 Å². The van der Waals surface area contributed by atoms with Crippen LogP contribution < -0.4 is 4.74 Å². The van der Waals surface area contributed by atoms with Crippen molar-refractivity contribution in [3.63, 3.8) is 0 Å². The van der Waals surface area contributed by atoms with E-state index >= 15 is 0 Å². The van der Waals surface area contributed by atoms with Crippen LogP contribution in [0.15, 0.2) is 48.5 Å². The van der Waals surface area contributed by atoms with E-state index in [1.807, 2.05) is 48.5 Å². The second-order valence-corrected chi connectivity index (χ2v) is 4.59. The molecule has 0 atom stereocenters. The fourth-order valence-corrected chi connectivity index (χ4v) is 1.85. The van der Waals surface area contributed by atoms with Gasteiger partial charge in [0.05, 0.1) is 6.61 Å². The molecule has 0 aromatic heterocycles. The van der Waals surface area contributed by atoms with E-state index in [2.05, 4.69) is 11.8 Å². The topological polar surface area (TPSA) is 29.5 Å².